The largest absolute Gasteiger partial charge is 0.497 e. The van der Waals surface area contributed by atoms with Gasteiger partial charge in [-0.15, -0.1) is 0 Å². The van der Waals surface area contributed by atoms with Gasteiger partial charge in [-0.3, -0.25) is 4.79 Å². The van der Waals surface area contributed by atoms with Crippen molar-refractivity contribution in [3.05, 3.63) is 42.6 Å². The normalized spacial score (nSPS) is 13.2. The number of carbonyl (C=O) groups is 1. The summed E-state index contributed by atoms with van der Waals surface area (Å²) >= 11 is 0. The van der Waals surface area contributed by atoms with Crippen molar-refractivity contribution in [2.75, 3.05) is 30.9 Å². The molecule has 3 rings (SSSR count). The summed E-state index contributed by atoms with van der Waals surface area (Å²) in [6, 6.07) is 11.2. The van der Waals surface area contributed by atoms with Crippen molar-refractivity contribution < 1.29 is 14.3 Å². The second kappa shape index (κ2) is 7.68. The van der Waals surface area contributed by atoms with Crippen LogP contribution in [0.15, 0.2) is 42.6 Å². The van der Waals surface area contributed by atoms with Crippen molar-refractivity contribution in [1.29, 1.82) is 0 Å². The molecule has 0 spiro atoms. The van der Waals surface area contributed by atoms with Gasteiger partial charge < -0.3 is 20.1 Å². The summed E-state index contributed by atoms with van der Waals surface area (Å²) in [5.74, 6) is 2.44. The van der Waals surface area contributed by atoms with Gasteiger partial charge in [0.25, 0.3) is 0 Å². The van der Waals surface area contributed by atoms with Crippen molar-refractivity contribution in [2.45, 2.75) is 12.8 Å². The minimum absolute atomic E-state index is 0.0658. The fraction of sp³-hybridized carbons (Fsp3) is 0.333. The first-order valence-corrected chi connectivity index (χ1v) is 8.02. The van der Waals surface area contributed by atoms with E-state index in [4.69, 9.17) is 9.47 Å². The molecule has 1 aromatic heterocycles. The first-order valence-electron chi connectivity index (χ1n) is 8.02. The number of methoxy groups -OCH3 is 1. The Balaban J connectivity index is 1.38. The highest BCUT2D eigenvalue weighted by Crippen LogP contribution is 2.29. The topological polar surface area (TPSA) is 72.5 Å². The second-order valence-corrected chi connectivity index (χ2v) is 5.65. The van der Waals surface area contributed by atoms with Crippen molar-refractivity contribution in [3.8, 4) is 11.5 Å². The maximum absolute atomic E-state index is 11.7. The molecule has 2 aromatic rings. The maximum atomic E-state index is 11.7. The lowest BCUT2D eigenvalue weighted by Gasteiger charge is -2.09. The van der Waals surface area contributed by atoms with E-state index in [9.17, 15) is 4.79 Å². The smallest absolute Gasteiger partial charge is 0.228 e. The fourth-order valence-electron chi connectivity index (χ4n) is 2.18. The third-order valence-electron chi connectivity index (χ3n) is 3.72. The monoisotopic (exact) mass is 327 g/mol. The molecule has 0 unspecified atom stereocenters. The van der Waals surface area contributed by atoms with Crippen molar-refractivity contribution >= 4 is 17.4 Å². The van der Waals surface area contributed by atoms with Gasteiger partial charge in [-0.05, 0) is 49.2 Å². The van der Waals surface area contributed by atoms with E-state index < -0.39 is 0 Å². The molecule has 1 heterocycles. The van der Waals surface area contributed by atoms with Crippen LogP contribution in [0, 0.1) is 5.92 Å². The zero-order valence-electron chi connectivity index (χ0n) is 13.6. The zero-order valence-corrected chi connectivity index (χ0v) is 13.6. The Morgan fingerprint density at radius 3 is 2.54 bits per heavy atom. The van der Waals surface area contributed by atoms with Gasteiger partial charge in [0.05, 0.1) is 19.0 Å². The number of benzene rings is 1. The third kappa shape index (κ3) is 4.62. The second-order valence-electron chi connectivity index (χ2n) is 5.65. The number of carbonyl (C=O) groups excluding carboxylic acids is 1. The van der Waals surface area contributed by atoms with Gasteiger partial charge in [0.1, 0.15) is 23.9 Å². The lowest BCUT2D eigenvalue weighted by atomic mass is 10.3. The number of ether oxygens (including phenoxy) is 2. The van der Waals surface area contributed by atoms with E-state index in [0.29, 0.717) is 19.0 Å². The number of nitrogens with one attached hydrogen (secondary N) is 2. The standard InChI is InChI=1S/C18H21N3O3/c1-23-15-5-7-16(8-6-15)24-11-10-19-14-4-9-17(20-12-14)21-18(22)13-2-3-13/h4-9,12-13,19H,2-3,10-11H2,1H3,(H,20,21,22). The SMILES string of the molecule is COc1ccc(OCCNc2ccc(NC(=O)C3CC3)nc2)cc1. The molecule has 1 saturated carbocycles. The number of anilines is 2. The van der Waals surface area contributed by atoms with E-state index in [0.717, 1.165) is 30.0 Å². The van der Waals surface area contributed by atoms with Gasteiger partial charge >= 0.3 is 0 Å². The summed E-state index contributed by atoms with van der Waals surface area (Å²) in [5.41, 5.74) is 0.887. The van der Waals surface area contributed by atoms with Gasteiger partial charge in [0.15, 0.2) is 0 Å². The minimum atomic E-state index is 0.0658. The van der Waals surface area contributed by atoms with Crippen LogP contribution in [0.1, 0.15) is 12.8 Å². The molecule has 6 nitrogen and oxygen atoms in total. The zero-order chi connectivity index (χ0) is 16.8. The molecule has 1 aliphatic rings. The summed E-state index contributed by atoms with van der Waals surface area (Å²) in [4.78, 5) is 15.9. The molecule has 0 radical (unpaired) electrons. The first kappa shape index (κ1) is 16.1. The molecular formula is C18H21N3O3. The Kier molecular flexibility index (Phi) is 5.15. The molecule has 2 N–H and O–H groups in total. The molecule has 126 valence electrons. The molecule has 0 bridgehead atoms. The van der Waals surface area contributed by atoms with E-state index in [-0.39, 0.29) is 11.8 Å². The summed E-state index contributed by atoms with van der Waals surface area (Å²) in [6.45, 7) is 1.19. The van der Waals surface area contributed by atoms with Gasteiger partial charge in [-0.1, -0.05) is 0 Å². The van der Waals surface area contributed by atoms with Crippen LogP contribution in [0.4, 0.5) is 11.5 Å². The maximum Gasteiger partial charge on any atom is 0.228 e. The Morgan fingerprint density at radius 2 is 1.92 bits per heavy atom. The van der Waals surface area contributed by atoms with E-state index in [1.165, 1.54) is 0 Å². The van der Waals surface area contributed by atoms with Gasteiger partial charge in [0.2, 0.25) is 5.91 Å². The van der Waals surface area contributed by atoms with E-state index in [1.54, 1.807) is 19.4 Å². The number of hydrogen-bond acceptors (Lipinski definition) is 5. The fourth-order valence-corrected chi connectivity index (χ4v) is 2.18. The van der Waals surface area contributed by atoms with Crippen LogP contribution in [-0.2, 0) is 4.79 Å². The quantitative estimate of drug-likeness (QED) is 0.729. The number of pyridine rings is 1. The first-order chi connectivity index (χ1) is 11.7. The van der Waals surface area contributed by atoms with Gasteiger partial charge in [-0.25, -0.2) is 4.98 Å². The molecule has 24 heavy (non-hydrogen) atoms. The lowest BCUT2D eigenvalue weighted by molar-refractivity contribution is -0.117. The third-order valence-corrected chi connectivity index (χ3v) is 3.72. The average molecular weight is 327 g/mol. The summed E-state index contributed by atoms with van der Waals surface area (Å²) < 4.78 is 10.7. The van der Waals surface area contributed by atoms with Crippen LogP contribution < -0.4 is 20.1 Å². The summed E-state index contributed by atoms with van der Waals surface area (Å²) in [6.07, 6.45) is 3.68. The summed E-state index contributed by atoms with van der Waals surface area (Å²) in [5, 5.41) is 6.04. The van der Waals surface area contributed by atoms with Crippen molar-refractivity contribution in [2.24, 2.45) is 5.92 Å². The molecule has 1 aliphatic carbocycles. The van der Waals surface area contributed by atoms with Crippen LogP contribution in [0.25, 0.3) is 0 Å². The molecule has 1 aromatic carbocycles. The Morgan fingerprint density at radius 1 is 1.17 bits per heavy atom. The number of hydrogen-bond donors (Lipinski definition) is 2. The molecule has 1 amide bonds. The number of nitrogens with zero attached hydrogens (tertiary/aromatic N) is 1. The highest BCUT2D eigenvalue weighted by atomic mass is 16.5. The molecule has 1 fully saturated rings. The van der Waals surface area contributed by atoms with E-state index in [2.05, 4.69) is 15.6 Å². The van der Waals surface area contributed by atoms with E-state index >= 15 is 0 Å². The van der Waals surface area contributed by atoms with Crippen molar-refractivity contribution in [1.82, 2.24) is 4.98 Å². The summed E-state index contributed by atoms with van der Waals surface area (Å²) in [7, 11) is 1.64. The molecule has 0 saturated heterocycles. The molecule has 6 heteroatoms. The predicted octanol–water partition coefficient (Wildman–Crippen LogP) is 2.93. The Bertz CT molecular complexity index is 667. The number of aromatic nitrogens is 1. The predicted molar refractivity (Wildman–Crippen MR) is 92.6 cm³/mol. The highest BCUT2D eigenvalue weighted by molar-refractivity contribution is 5.93. The Hall–Kier alpha value is -2.76. The highest BCUT2D eigenvalue weighted by Gasteiger charge is 2.29. The molecule has 0 atom stereocenters. The number of rotatable bonds is 8. The molecule has 0 aliphatic heterocycles. The van der Waals surface area contributed by atoms with E-state index in [1.807, 2.05) is 30.3 Å². The van der Waals surface area contributed by atoms with Crippen LogP contribution in [0.5, 0.6) is 11.5 Å². The lowest BCUT2D eigenvalue weighted by Crippen LogP contribution is -2.15. The van der Waals surface area contributed by atoms with Crippen LogP contribution in [-0.4, -0.2) is 31.2 Å². The van der Waals surface area contributed by atoms with Gasteiger partial charge in [0, 0.05) is 12.5 Å². The Labute approximate surface area is 141 Å². The van der Waals surface area contributed by atoms with Crippen LogP contribution in [0.2, 0.25) is 0 Å². The van der Waals surface area contributed by atoms with Crippen molar-refractivity contribution in [3.63, 3.8) is 0 Å². The molecular weight excluding hydrogens is 306 g/mol. The van der Waals surface area contributed by atoms with Gasteiger partial charge in [-0.2, -0.15) is 0 Å². The van der Waals surface area contributed by atoms with Crippen LogP contribution >= 0.6 is 0 Å². The number of amides is 1. The van der Waals surface area contributed by atoms with Crippen LogP contribution in [0.3, 0.4) is 0 Å². The average Bonchev–Trinajstić information content (AvgIpc) is 3.46. The minimum Gasteiger partial charge on any atom is -0.497 e.